The first-order valence-electron chi connectivity index (χ1n) is 7.89. The number of nitrogens with one attached hydrogen (secondary N) is 1. The van der Waals surface area contributed by atoms with Gasteiger partial charge in [-0.1, -0.05) is 18.2 Å². The maximum absolute atomic E-state index is 12.2. The molecule has 132 valence electrons. The highest BCUT2D eigenvalue weighted by molar-refractivity contribution is 9.10. The molecule has 1 N–H and O–H groups in total. The van der Waals surface area contributed by atoms with Gasteiger partial charge in [-0.15, -0.1) is 11.8 Å². The number of anilines is 1. The maximum Gasteiger partial charge on any atom is 0.251 e. The van der Waals surface area contributed by atoms with E-state index in [0.29, 0.717) is 5.69 Å². The van der Waals surface area contributed by atoms with Crippen LogP contribution >= 0.6 is 27.7 Å². The molecular formula is C19H16BrN3O2S. The van der Waals surface area contributed by atoms with Crippen LogP contribution in [0.15, 0.2) is 81.3 Å². The molecule has 7 heteroatoms. The molecule has 0 aliphatic heterocycles. The van der Waals surface area contributed by atoms with Gasteiger partial charge in [-0.2, -0.15) is 0 Å². The number of hydrogen-bond donors (Lipinski definition) is 1. The Kier molecular flexibility index (Phi) is 6.25. The molecule has 0 spiro atoms. The molecule has 2 aromatic heterocycles. The number of thioether (sulfide) groups is 1. The summed E-state index contributed by atoms with van der Waals surface area (Å²) in [5.74, 6) is 0.506. The summed E-state index contributed by atoms with van der Waals surface area (Å²) in [7, 11) is 0. The number of pyridine rings is 2. The second kappa shape index (κ2) is 8.82. The van der Waals surface area contributed by atoms with E-state index < -0.39 is 0 Å². The molecule has 0 aliphatic rings. The number of aromatic nitrogens is 2. The van der Waals surface area contributed by atoms with Crippen LogP contribution in [-0.2, 0) is 17.1 Å². The summed E-state index contributed by atoms with van der Waals surface area (Å²) < 4.78 is 2.11. The summed E-state index contributed by atoms with van der Waals surface area (Å²) in [4.78, 5) is 28.3. The molecular weight excluding hydrogens is 414 g/mol. The van der Waals surface area contributed by atoms with Gasteiger partial charge in [-0.05, 0) is 51.8 Å². The summed E-state index contributed by atoms with van der Waals surface area (Å²) in [5, 5.41) is 3.79. The van der Waals surface area contributed by atoms with Crippen molar-refractivity contribution >= 4 is 39.3 Å². The Morgan fingerprint density at radius 2 is 2.04 bits per heavy atom. The lowest BCUT2D eigenvalue weighted by molar-refractivity contribution is -0.116. The van der Waals surface area contributed by atoms with Crippen LogP contribution in [0.2, 0.25) is 0 Å². The van der Waals surface area contributed by atoms with Gasteiger partial charge in [0.15, 0.2) is 0 Å². The van der Waals surface area contributed by atoms with E-state index >= 15 is 0 Å². The van der Waals surface area contributed by atoms with Gasteiger partial charge in [-0.25, -0.2) is 4.98 Å². The average molecular weight is 430 g/mol. The number of hydrogen-bond acceptors (Lipinski definition) is 4. The van der Waals surface area contributed by atoms with E-state index in [1.165, 1.54) is 10.6 Å². The van der Waals surface area contributed by atoms with E-state index in [1.807, 2.05) is 42.5 Å². The van der Waals surface area contributed by atoms with Crippen molar-refractivity contribution in [3.05, 3.63) is 87.4 Å². The lowest BCUT2D eigenvalue weighted by Gasteiger charge is -2.09. The fraction of sp³-hybridized carbons (Fsp3) is 0.105. The molecule has 0 aliphatic carbocycles. The highest BCUT2D eigenvalue weighted by Gasteiger charge is 2.06. The zero-order valence-corrected chi connectivity index (χ0v) is 16.2. The van der Waals surface area contributed by atoms with Crippen LogP contribution in [0, 0.1) is 0 Å². The Balaban J connectivity index is 1.62. The van der Waals surface area contributed by atoms with Crippen molar-refractivity contribution in [3.8, 4) is 0 Å². The predicted octanol–water partition coefficient (Wildman–Crippen LogP) is 3.94. The van der Waals surface area contributed by atoms with Gasteiger partial charge < -0.3 is 9.88 Å². The standard InChI is InChI=1S/C19H16BrN3O2S/c20-15-7-8-19(25)23(11-15)12-17(24)22-16-5-3-4-14(10-16)13-26-18-6-1-2-9-21-18/h1-11H,12-13H2,(H,22,24). The SMILES string of the molecule is O=C(Cn1cc(Br)ccc1=O)Nc1cccc(CSc2ccccn2)c1. The lowest BCUT2D eigenvalue weighted by atomic mass is 10.2. The van der Waals surface area contributed by atoms with Crippen molar-refractivity contribution in [3.63, 3.8) is 0 Å². The van der Waals surface area contributed by atoms with E-state index in [9.17, 15) is 9.59 Å². The van der Waals surface area contributed by atoms with Gasteiger partial charge in [0.1, 0.15) is 6.54 Å². The summed E-state index contributed by atoms with van der Waals surface area (Å²) in [6, 6.07) is 16.5. The van der Waals surface area contributed by atoms with Gasteiger partial charge >= 0.3 is 0 Å². The van der Waals surface area contributed by atoms with Crippen molar-refractivity contribution in [2.24, 2.45) is 0 Å². The van der Waals surface area contributed by atoms with Crippen LogP contribution in [0.5, 0.6) is 0 Å². The van der Waals surface area contributed by atoms with Crippen LogP contribution in [0.25, 0.3) is 0 Å². The molecule has 5 nitrogen and oxygen atoms in total. The molecule has 0 saturated heterocycles. The molecule has 2 heterocycles. The first-order valence-corrected chi connectivity index (χ1v) is 9.66. The smallest absolute Gasteiger partial charge is 0.251 e. The van der Waals surface area contributed by atoms with Crippen LogP contribution in [0.1, 0.15) is 5.56 Å². The minimum atomic E-state index is -0.250. The van der Waals surface area contributed by atoms with Crippen molar-refractivity contribution in [2.75, 3.05) is 5.32 Å². The molecule has 0 fully saturated rings. The molecule has 0 saturated carbocycles. The van der Waals surface area contributed by atoms with Gasteiger partial charge in [0.05, 0.1) is 5.03 Å². The van der Waals surface area contributed by atoms with Crippen LogP contribution < -0.4 is 10.9 Å². The molecule has 1 amide bonds. The fourth-order valence-electron chi connectivity index (χ4n) is 2.31. The Labute approximate surface area is 163 Å². The van der Waals surface area contributed by atoms with E-state index in [-0.39, 0.29) is 18.0 Å². The van der Waals surface area contributed by atoms with Gasteiger partial charge in [0.2, 0.25) is 5.91 Å². The van der Waals surface area contributed by atoms with E-state index in [4.69, 9.17) is 0 Å². The summed E-state index contributed by atoms with van der Waals surface area (Å²) in [6.07, 6.45) is 3.37. The van der Waals surface area contributed by atoms with Crippen molar-refractivity contribution in [1.29, 1.82) is 0 Å². The Morgan fingerprint density at radius 3 is 2.85 bits per heavy atom. The van der Waals surface area contributed by atoms with Gasteiger partial charge in [-0.3, -0.25) is 9.59 Å². The summed E-state index contributed by atoms with van der Waals surface area (Å²) in [6.45, 7) is -0.0365. The molecule has 0 bridgehead atoms. The maximum atomic E-state index is 12.2. The number of halogens is 1. The number of benzene rings is 1. The molecule has 0 radical (unpaired) electrons. The van der Waals surface area contributed by atoms with Gasteiger partial charge in [0.25, 0.3) is 5.56 Å². The third-order valence-electron chi connectivity index (χ3n) is 3.50. The second-order valence-electron chi connectivity index (χ2n) is 5.52. The van der Waals surface area contributed by atoms with Gasteiger partial charge in [0, 0.05) is 34.4 Å². The van der Waals surface area contributed by atoms with E-state index in [2.05, 4.69) is 26.2 Å². The quantitative estimate of drug-likeness (QED) is 0.602. The lowest BCUT2D eigenvalue weighted by Crippen LogP contribution is -2.26. The summed E-state index contributed by atoms with van der Waals surface area (Å²) in [5.41, 5.74) is 1.57. The highest BCUT2D eigenvalue weighted by Crippen LogP contribution is 2.22. The molecule has 1 aromatic carbocycles. The normalized spacial score (nSPS) is 10.5. The number of nitrogens with zero attached hydrogens (tertiary/aromatic N) is 2. The summed E-state index contributed by atoms with van der Waals surface area (Å²) >= 11 is 4.93. The average Bonchev–Trinajstić information content (AvgIpc) is 2.64. The van der Waals surface area contributed by atoms with E-state index in [0.717, 1.165) is 20.8 Å². The Bertz CT molecular complexity index is 960. The third-order valence-corrected chi connectivity index (χ3v) is 4.98. The van der Waals surface area contributed by atoms with Crippen LogP contribution in [0.4, 0.5) is 5.69 Å². The Morgan fingerprint density at radius 1 is 1.15 bits per heavy atom. The first kappa shape index (κ1) is 18.4. The number of carbonyl (C=O) groups excluding carboxylic acids is 1. The van der Waals surface area contributed by atoms with Crippen molar-refractivity contribution in [1.82, 2.24) is 9.55 Å². The fourth-order valence-corrected chi connectivity index (χ4v) is 3.49. The molecule has 3 rings (SSSR count). The zero-order chi connectivity index (χ0) is 18.4. The monoisotopic (exact) mass is 429 g/mol. The first-order chi connectivity index (χ1) is 12.6. The van der Waals surface area contributed by atoms with Crippen LogP contribution in [0.3, 0.4) is 0 Å². The topological polar surface area (TPSA) is 64.0 Å². The van der Waals surface area contributed by atoms with Crippen molar-refractivity contribution in [2.45, 2.75) is 17.3 Å². The zero-order valence-electron chi connectivity index (χ0n) is 13.8. The minimum absolute atomic E-state index is 0.0365. The second-order valence-corrected chi connectivity index (χ2v) is 7.43. The molecule has 0 unspecified atom stereocenters. The largest absolute Gasteiger partial charge is 0.325 e. The Hall–Kier alpha value is -2.38. The molecule has 3 aromatic rings. The van der Waals surface area contributed by atoms with E-state index in [1.54, 1.807) is 30.2 Å². The van der Waals surface area contributed by atoms with Crippen LogP contribution in [-0.4, -0.2) is 15.5 Å². The molecule has 0 atom stereocenters. The predicted molar refractivity (Wildman–Crippen MR) is 107 cm³/mol. The number of carbonyl (C=O) groups is 1. The minimum Gasteiger partial charge on any atom is -0.325 e. The third kappa shape index (κ3) is 5.31. The highest BCUT2D eigenvalue weighted by atomic mass is 79.9. The number of rotatable bonds is 6. The number of amides is 1. The van der Waals surface area contributed by atoms with Crippen molar-refractivity contribution < 1.29 is 4.79 Å². The molecule has 26 heavy (non-hydrogen) atoms.